The molecule has 1 N–H and O–H groups in total. The molecule has 1 aromatic carbocycles. The highest BCUT2D eigenvalue weighted by Crippen LogP contribution is 2.30. The van der Waals surface area contributed by atoms with Crippen LogP contribution in [-0.4, -0.2) is 18.2 Å². The first-order valence-corrected chi connectivity index (χ1v) is 7.62. The van der Waals surface area contributed by atoms with Gasteiger partial charge in [0.1, 0.15) is 0 Å². The molecule has 0 amide bonds. The number of nitrogens with zero attached hydrogens (tertiary/aromatic N) is 1. The maximum absolute atomic E-state index is 9.83. The van der Waals surface area contributed by atoms with Gasteiger partial charge in [0.25, 0.3) is 0 Å². The van der Waals surface area contributed by atoms with Gasteiger partial charge in [0.05, 0.1) is 6.10 Å². The minimum Gasteiger partial charge on any atom is -0.388 e. The van der Waals surface area contributed by atoms with E-state index in [1.165, 1.54) is 31.4 Å². The number of rotatable bonds is 4. The maximum Gasteiger partial charge on any atom is 0.0787 e. The molecular weight excluding hydrogens is 234 g/mol. The lowest BCUT2D eigenvalue weighted by atomic mass is 9.86. The average molecular weight is 261 g/mol. The zero-order valence-corrected chi connectivity index (χ0v) is 12.5. The van der Waals surface area contributed by atoms with E-state index in [2.05, 4.69) is 43.1 Å². The van der Waals surface area contributed by atoms with Crippen LogP contribution in [0.25, 0.3) is 0 Å². The predicted molar refractivity (Wildman–Crippen MR) is 81.5 cm³/mol. The Bertz CT molecular complexity index is 387. The number of aliphatic hydroxyl groups excluding tert-OH is 1. The van der Waals surface area contributed by atoms with Gasteiger partial charge in [0, 0.05) is 18.8 Å². The van der Waals surface area contributed by atoms with Crippen molar-refractivity contribution in [3.63, 3.8) is 0 Å². The van der Waals surface area contributed by atoms with E-state index in [-0.39, 0.29) is 6.10 Å². The molecule has 0 aromatic heterocycles. The van der Waals surface area contributed by atoms with Crippen molar-refractivity contribution in [3.8, 4) is 0 Å². The lowest BCUT2D eigenvalue weighted by molar-refractivity contribution is 0.173. The summed E-state index contributed by atoms with van der Waals surface area (Å²) in [4.78, 5) is 2.41. The largest absolute Gasteiger partial charge is 0.388 e. The highest BCUT2D eigenvalue weighted by atomic mass is 16.3. The van der Waals surface area contributed by atoms with Crippen LogP contribution in [0.2, 0.25) is 0 Å². The summed E-state index contributed by atoms with van der Waals surface area (Å²) in [5.74, 6) is 0.849. The molecule has 1 aliphatic carbocycles. The fraction of sp³-hybridized carbons (Fsp3) is 0.647. The summed E-state index contributed by atoms with van der Waals surface area (Å²) < 4.78 is 0. The summed E-state index contributed by atoms with van der Waals surface area (Å²) in [6.07, 6.45) is 5.79. The summed E-state index contributed by atoms with van der Waals surface area (Å²) in [6.45, 7) is 4.37. The molecule has 1 aliphatic rings. The molecule has 1 fully saturated rings. The molecule has 0 saturated heterocycles. The molecule has 0 radical (unpaired) electrons. The van der Waals surface area contributed by atoms with Gasteiger partial charge in [0.2, 0.25) is 0 Å². The van der Waals surface area contributed by atoms with Crippen molar-refractivity contribution in [2.24, 2.45) is 5.92 Å². The summed E-state index contributed by atoms with van der Waals surface area (Å²) in [5, 5.41) is 9.83. The van der Waals surface area contributed by atoms with Crippen molar-refractivity contribution >= 4 is 5.69 Å². The number of aliphatic hydroxyl groups is 1. The first kappa shape index (κ1) is 14.4. The van der Waals surface area contributed by atoms with Crippen LogP contribution in [0.5, 0.6) is 0 Å². The van der Waals surface area contributed by atoms with E-state index in [1.54, 1.807) is 0 Å². The number of hydrogen-bond acceptors (Lipinski definition) is 2. The van der Waals surface area contributed by atoms with Crippen molar-refractivity contribution in [2.75, 3.05) is 11.9 Å². The van der Waals surface area contributed by atoms with Gasteiger partial charge in [-0.15, -0.1) is 0 Å². The smallest absolute Gasteiger partial charge is 0.0787 e. The second kappa shape index (κ2) is 6.42. The van der Waals surface area contributed by atoms with Crippen molar-refractivity contribution in [2.45, 2.75) is 58.1 Å². The third kappa shape index (κ3) is 3.50. The first-order chi connectivity index (χ1) is 9.11. The van der Waals surface area contributed by atoms with Gasteiger partial charge < -0.3 is 10.0 Å². The molecule has 2 unspecified atom stereocenters. The minimum atomic E-state index is -0.325. The van der Waals surface area contributed by atoms with Gasteiger partial charge in [-0.2, -0.15) is 0 Å². The van der Waals surface area contributed by atoms with Crippen LogP contribution in [0.3, 0.4) is 0 Å². The van der Waals surface area contributed by atoms with Gasteiger partial charge in [-0.3, -0.25) is 0 Å². The van der Waals surface area contributed by atoms with Gasteiger partial charge >= 0.3 is 0 Å². The minimum absolute atomic E-state index is 0.325. The van der Waals surface area contributed by atoms with E-state index in [0.29, 0.717) is 6.04 Å². The molecule has 2 rings (SSSR count). The Hall–Kier alpha value is -1.02. The molecule has 3 atom stereocenters. The Labute approximate surface area is 117 Å². The van der Waals surface area contributed by atoms with Crippen LogP contribution < -0.4 is 4.90 Å². The molecule has 2 heteroatoms. The maximum atomic E-state index is 9.83. The van der Waals surface area contributed by atoms with E-state index in [9.17, 15) is 5.11 Å². The molecule has 0 spiro atoms. The van der Waals surface area contributed by atoms with Crippen molar-refractivity contribution in [1.29, 1.82) is 0 Å². The molecule has 106 valence electrons. The van der Waals surface area contributed by atoms with Gasteiger partial charge in [-0.25, -0.2) is 0 Å². The molecule has 0 bridgehead atoms. The van der Waals surface area contributed by atoms with Crippen molar-refractivity contribution in [1.82, 2.24) is 0 Å². The number of benzene rings is 1. The molecule has 2 nitrogen and oxygen atoms in total. The normalized spacial score (nSPS) is 25.1. The zero-order valence-electron chi connectivity index (χ0n) is 12.5. The SMILES string of the molecule is CC[C@@H](O)c1ccc(N(C)C2CCCC(C)C2)cc1. The lowest BCUT2D eigenvalue weighted by Gasteiger charge is -2.35. The first-order valence-electron chi connectivity index (χ1n) is 7.62. The lowest BCUT2D eigenvalue weighted by Crippen LogP contribution is -2.35. The van der Waals surface area contributed by atoms with E-state index >= 15 is 0 Å². The summed E-state index contributed by atoms with van der Waals surface area (Å²) in [5.41, 5.74) is 2.29. The Morgan fingerprint density at radius 2 is 1.95 bits per heavy atom. The van der Waals surface area contributed by atoms with E-state index in [4.69, 9.17) is 0 Å². The summed E-state index contributed by atoms with van der Waals surface area (Å²) >= 11 is 0. The average Bonchev–Trinajstić information content (AvgIpc) is 2.46. The van der Waals surface area contributed by atoms with Crippen molar-refractivity contribution in [3.05, 3.63) is 29.8 Å². The summed E-state index contributed by atoms with van der Waals surface area (Å²) in [7, 11) is 2.20. The second-order valence-corrected chi connectivity index (χ2v) is 6.05. The Kier molecular flexibility index (Phi) is 4.87. The fourth-order valence-electron chi connectivity index (χ4n) is 3.13. The number of hydrogen-bond donors (Lipinski definition) is 1. The van der Waals surface area contributed by atoms with E-state index < -0.39 is 0 Å². The van der Waals surface area contributed by atoms with Crippen LogP contribution in [0.15, 0.2) is 24.3 Å². The Morgan fingerprint density at radius 1 is 1.26 bits per heavy atom. The highest BCUT2D eigenvalue weighted by molar-refractivity contribution is 5.48. The van der Waals surface area contributed by atoms with E-state index in [1.807, 2.05) is 6.92 Å². The summed E-state index contributed by atoms with van der Waals surface area (Å²) in [6, 6.07) is 9.09. The third-order valence-corrected chi connectivity index (χ3v) is 4.53. The molecular formula is C17H27NO. The van der Waals surface area contributed by atoms with Crippen LogP contribution in [0.1, 0.15) is 57.6 Å². The van der Waals surface area contributed by atoms with Gasteiger partial charge in [-0.1, -0.05) is 38.8 Å². The van der Waals surface area contributed by atoms with Crippen molar-refractivity contribution < 1.29 is 5.11 Å². The molecule has 1 aromatic rings. The van der Waals surface area contributed by atoms with Gasteiger partial charge in [0.15, 0.2) is 0 Å². The molecule has 0 aliphatic heterocycles. The fourth-order valence-corrected chi connectivity index (χ4v) is 3.13. The van der Waals surface area contributed by atoms with Crippen LogP contribution in [-0.2, 0) is 0 Å². The highest BCUT2D eigenvalue weighted by Gasteiger charge is 2.22. The Morgan fingerprint density at radius 3 is 2.53 bits per heavy atom. The molecule has 1 saturated carbocycles. The number of anilines is 1. The second-order valence-electron chi connectivity index (χ2n) is 6.05. The van der Waals surface area contributed by atoms with E-state index in [0.717, 1.165) is 17.9 Å². The molecule has 19 heavy (non-hydrogen) atoms. The van der Waals surface area contributed by atoms with Gasteiger partial charge in [-0.05, 0) is 42.9 Å². The van der Waals surface area contributed by atoms with Crippen LogP contribution >= 0.6 is 0 Å². The third-order valence-electron chi connectivity index (χ3n) is 4.53. The quantitative estimate of drug-likeness (QED) is 0.880. The van der Waals surface area contributed by atoms with Crippen LogP contribution in [0.4, 0.5) is 5.69 Å². The van der Waals surface area contributed by atoms with Crippen LogP contribution in [0, 0.1) is 5.92 Å². The standard InChI is InChI=1S/C17H27NO/c1-4-17(19)14-8-10-15(11-9-14)18(3)16-7-5-6-13(2)12-16/h8-11,13,16-17,19H,4-7,12H2,1-3H3/t13?,16?,17-/m1/s1. The molecule has 0 heterocycles. The topological polar surface area (TPSA) is 23.5 Å². The Balaban J connectivity index is 2.04. The predicted octanol–water partition coefficient (Wildman–Crippen LogP) is 4.14. The monoisotopic (exact) mass is 261 g/mol. The zero-order chi connectivity index (χ0) is 13.8.